The minimum atomic E-state index is -0.627. The van der Waals surface area contributed by atoms with E-state index in [0.29, 0.717) is 17.0 Å². The predicted molar refractivity (Wildman–Crippen MR) is 115 cm³/mol. The molecule has 0 unspecified atom stereocenters. The van der Waals surface area contributed by atoms with Crippen molar-refractivity contribution in [2.24, 2.45) is 0 Å². The zero-order valence-electron chi connectivity index (χ0n) is 17.2. The van der Waals surface area contributed by atoms with E-state index in [4.69, 9.17) is 10.5 Å². The molecule has 0 aliphatic heterocycles. The number of benzene rings is 2. The number of nitrogens with one attached hydrogen (secondary N) is 1. The number of fused-ring (bicyclic) bond motifs is 1. The van der Waals surface area contributed by atoms with Crippen LogP contribution in [0, 0.1) is 6.92 Å². The number of aromatic nitrogens is 1. The Labute approximate surface area is 170 Å². The maximum atomic E-state index is 12.5. The number of hydrogen-bond acceptors (Lipinski definition) is 5. The van der Waals surface area contributed by atoms with Gasteiger partial charge in [0.25, 0.3) is 5.91 Å². The number of aromatic hydroxyl groups is 1. The van der Waals surface area contributed by atoms with Crippen LogP contribution >= 0.6 is 0 Å². The highest BCUT2D eigenvalue weighted by Gasteiger charge is 2.23. The lowest BCUT2D eigenvalue weighted by Gasteiger charge is -2.27. The van der Waals surface area contributed by atoms with Crippen LogP contribution in [0.2, 0.25) is 0 Å². The lowest BCUT2D eigenvalue weighted by molar-refractivity contribution is 0.0881. The fourth-order valence-electron chi connectivity index (χ4n) is 3.33. The first-order valence-electron chi connectivity index (χ1n) is 9.64. The van der Waals surface area contributed by atoms with Gasteiger partial charge in [0.2, 0.25) is 0 Å². The Kier molecular flexibility index (Phi) is 5.64. The third-order valence-electron chi connectivity index (χ3n) is 4.85. The van der Waals surface area contributed by atoms with Crippen molar-refractivity contribution in [3.63, 3.8) is 0 Å². The summed E-state index contributed by atoms with van der Waals surface area (Å²) in [6, 6.07) is 11.8. The average Bonchev–Trinajstić information content (AvgIpc) is 2.66. The Bertz CT molecular complexity index is 1040. The average molecular weight is 393 g/mol. The quantitative estimate of drug-likeness (QED) is 0.588. The molecule has 0 aliphatic carbocycles. The lowest BCUT2D eigenvalue weighted by atomic mass is 10.0. The molecule has 1 aromatic heterocycles. The molecule has 0 fully saturated rings. The number of nitrogens with zero attached hydrogens (tertiary/aromatic N) is 1. The third kappa shape index (κ3) is 4.42. The van der Waals surface area contributed by atoms with Crippen LogP contribution in [-0.4, -0.2) is 28.1 Å². The molecular weight excluding hydrogens is 366 g/mol. The van der Waals surface area contributed by atoms with E-state index in [1.807, 2.05) is 39.0 Å². The van der Waals surface area contributed by atoms with Crippen molar-refractivity contribution in [1.29, 1.82) is 0 Å². The Hall–Kier alpha value is -3.28. The topological polar surface area (TPSA) is 97.5 Å². The van der Waals surface area contributed by atoms with Gasteiger partial charge in [0, 0.05) is 16.9 Å². The fraction of sp³-hybridized carbons (Fsp3) is 0.304. The second kappa shape index (κ2) is 7.99. The van der Waals surface area contributed by atoms with Crippen LogP contribution in [0.1, 0.15) is 42.4 Å². The van der Waals surface area contributed by atoms with Crippen LogP contribution in [0.3, 0.4) is 0 Å². The molecule has 0 bridgehead atoms. The molecule has 3 aromatic rings. The minimum Gasteiger partial charge on any atom is -0.508 e. The molecule has 0 radical (unpaired) electrons. The normalized spacial score (nSPS) is 11.4. The molecule has 1 amide bonds. The van der Waals surface area contributed by atoms with E-state index < -0.39 is 5.54 Å². The number of rotatable bonds is 6. The maximum Gasteiger partial charge on any atom is 0.251 e. The number of carbonyl (C=O) groups is 1. The summed E-state index contributed by atoms with van der Waals surface area (Å²) < 4.78 is 6.09. The molecular formula is C23H27N3O3. The van der Waals surface area contributed by atoms with Crippen molar-refractivity contribution in [1.82, 2.24) is 10.3 Å². The van der Waals surface area contributed by atoms with Gasteiger partial charge in [-0.15, -0.1) is 0 Å². The van der Waals surface area contributed by atoms with Gasteiger partial charge in [0.05, 0.1) is 16.4 Å². The van der Waals surface area contributed by atoms with E-state index in [1.54, 1.807) is 12.1 Å². The highest BCUT2D eigenvalue weighted by Crippen LogP contribution is 2.34. The first-order valence-corrected chi connectivity index (χ1v) is 9.64. The van der Waals surface area contributed by atoms with Gasteiger partial charge in [-0.3, -0.25) is 9.78 Å². The van der Waals surface area contributed by atoms with Gasteiger partial charge < -0.3 is 20.9 Å². The van der Waals surface area contributed by atoms with Crippen LogP contribution in [-0.2, 0) is 6.42 Å². The molecule has 0 atom stereocenters. The van der Waals surface area contributed by atoms with Crippen molar-refractivity contribution in [2.45, 2.75) is 39.7 Å². The molecule has 0 saturated carbocycles. The zero-order chi connectivity index (χ0) is 21.2. The number of carbonyl (C=O) groups excluding carboxylic acids is 1. The van der Waals surface area contributed by atoms with Gasteiger partial charge in [0.15, 0.2) is 0 Å². The molecule has 1 heterocycles. The molecule has 4 N–H and O–H groups in total. The van der Waals surface area contributed by atoms with Crippen LogP contribution in [0.15, 0.2) is 42.5 Å². The lowest BCUT2D eigenvalue weighted by Crippen LogP contribution is -2.47. The highest BCUT2D eigenvalue weighted by atomic mass is 16.5. The number of amides is 1. The SMILES string of the molecule is CCc1c(C)nc2cccc(OCC(C)(C)NC(=O)c3ccc(O)cc3)c2c1N. The van der Waals surface area contributed by atoms with Gasteiger partial charge in [0.1, 0.15) is 18.1 Å². The van der Waals surface area contributed by atoms with Crippen molar-refractivity contribution in [3.05, 3.63) is 59.3 Å². The molecule has 0 aliphatic rings. The van der Waals surface area contributed by atoms with Crippen LogP contribution in [0.4, 0.5) is 5.69 Å². The molecule has 2 aromatic carbocycles. The number of phenolic OH excluding ortho intramolecular Hbond substituents is 1. The maximum absolute atomic E-state index is 12.5. The molecule has 6 nitrogen and oxygen atoms in total. The summed E-state index contributed by atoms with van der Waals surface area (Å²) in [7, 11) is 0. The smallest absolute Gasteiger partial charge is 0.251 e. The molecule has 0 spiro atoms. The van der Waals surface area contributed by atoms with Crippen molar-refractivity contribution < 1.29 is 14.6 Å². The summed E-state index contributed by atoms with van der Waals surface area (Å²) in [5.74, 6) is 0.531. The third-order valence-corrected chi connectivity index (χ3v) is 4.85. The van der Waals surface area contributed by atoms with Crippen molar-refractivity contribution in [2.75, 3.05) is 12.3 Å². The van der Waals surface area contributed by atoms with Crippen LogP contribution in [0.5, 0.6) is 11.5 Å². The predicted octanol–water partition coefficient (Wildman–Crippen LogP) is 3.98. The highest BCUT2D eigenvalue weighted by molar-refractivity contribution is 5.97. The molecule has 29 heavy (non-hydrogen) atoms. The Morgan fingerprint density at radius 1 is 1.21 bits per heavy atom. The number of pyridine rings is 1. The van der Waals surface area contributed by atoms with Crippen molar-refractivity contribution >= 4 is 22.5 Å². The second-order valence-electron chi connectivity index (χ2n) is 7.77. The first-order chi connectivity index (χ1) is 13.7. The summed E-state index contributed by atoms with van der Waals surface area (Å²) in [4.78, 5) is 17.1. The van der Waals surface area contributed by atoms with Crippen molar-refractivity contribution in [3.8, 4) is 11.5 Å². The van der Waals surface area contributed by atoms with Gasteiger partial charge >= 0.3 is 0 Å². The van der Waals surface area contributed by atoms with Crippen LogP contribution < -0.4 is 15.8 Å². The first kappa shape index (κ1) is 20.5. The Morgan fingerprint density at radius 2 is 1.90 bits per heavy atom. The zero-order valence-corrected chi connectivity index (χ0v) is 17.2. The van der Waals surface area contributed by atoms with Gasteiger partial charge in [-0.1, -0.05) is 13.0 Å². The van der Waals surface area contributed by atoms with E-state index in [1.165, 1.54) is 12.1 Å². The number of nitrogen functional groups attached to an aromatic ring is 1. The Balaban J connectivity index is 1.80. The van der Waals surface area contributed by atoms with E-state index in [9.17, 15) is 9.90 Å². The summed E-state index contributed by atoms with van der Waals surface area (Å²) in [6.07, 6.45) is 0.795. The van der Waals surface area contributed by atoms with E-state index in [0.717, 1.165) is 28.6 Å². The van der Waals surface area contributed by atoms with Crippen LogP contribution in [0.25, 0.3) is 10.9 Å². The molecule has 152 valence electrons. The summed E-state index contributed by atoms with van der Waals surface area (Å²) in [5.41, 5.74) is 9.70. The minimum absolute atomic E-state index is 0.119. The number of anilines is 1. The van der Waals surface area contributed by atoms with Gasteiger partial charge in [-0.05, 0) is 69.2 Å². The van der Waals surface area contributed by atoms with Gasteiger partial charge in [-0.2, -0.15) is 0 Å². The fourth-order valence-corrected chi connectivity index (χ4v) is 3.33. The van der Waals surface area contributed by atoms with E-state index >= 15 is 0 Å². The molecule has 6 heteroatoms. The number of nitrogens with two attached hydrogens (primary N) is 1. The number of phenols is 1. The second-order valence-corrected chi connectivity index (χ2v) is 7.77. The summed E-state index contributed by atoms with van der Waals surface area (Å²) in [5, 5.41) is 13.1. The number of hydrogen-bond donors (Lipinski definition) is 3. The Morgan fingerprint density at radius 3 is 2.55 bits per heavy atom. The van der Waals surface area contributed by atoms with E-state index in [2.05, 4.69) is 17.2 Å². The molecule has 0 saturated heterocycles. The summed E-state index contributed by atoms with van der Waals surface area (Å²) in [6.45, 7) is 8.05. The number of aryl methyl sites for hydroxylation is 1. The number of ether oxygens (including phenoxy) is 1. The largest absolute Gasteiger partial charge is 0.508 e. The van der Waals surface area contributed by atoms with E-state index in [-0.39, 0.29) is 18.3 Å². The van der Waals surface area contributed by atoms with Gasteiger partial charge in [-0.25, -0.2) is 0 Å². The summed E-state index contributed by atoms with van der Waals surface area (Å²) >= 11 is 0. The monoisotopic (exact) mass is 393 g/mol. The molecule has 3 rings (SSSR count). The standard InChI is InChI=1S/C23H27N3O3/c1-5-17-14(2)25-18-7-6-8-19(20(18)21(17)24)29-13-23(3,4)26-22(28)15-9-11-16(27)12-10-15/h6-12,27H,5,13H2,1-4H3,(H2,24,25)(H,26,28).